The molecule has 1 aliphatic rings. The monoisotopic (exact) mass is 313 g/mol. The molecule has 1 aromatic carbocycles. The number of aryl methyl sites for hydroxylation is 1. The van der Waals surface area contributed by atoms with Crippen molar-refractivity contribution in [3.05, 3.63) is 58.9 Å². The van der Waals surface area contributed by atoms with Crippen LogP contribution in [0.5, 0.6) is 0 Å². The molecule has 0 saturated carbocycles. The van der Waals surface area contributed by atoms with Gasteiger partial charge >= 0.3 is 0 Å². The largest absolute Gasteiger partial charge is 0.331 e. The lowest BCUT2D eigenvalue weighted by molar-refractivity contribution is 0.0675. The van der Waals surface area contributed by atoms with Gasteiger partial charge in [0.25, 0.3) is 5.91 Å². The minimum absolute atomic E-state index is 0.0727. The number of carbonyl (C=O) groups is 1. The third kappa shape index (κ3) is 2.96. The second-order valence-electron chi connectivity index (χ2n) is 5.90. The number of aromatic nitrogens is 2. The van der Waals surface area contributed by atoms with Crippen LogP contribution in [0.2, 0.25) is 0 Å². The van der Waals surface area contributed by atoms with Crippen LogP contribution in [0.15, 0.2) is 30.7 Å². The molecule has 0 spiro atoms. The third-order valence-corrected chi connectivity index (χ3v) is 4.42. The summed E-state index contributed by atoms with van der Waals surface area (Å²) < 4.78 is 13.6. The Morgan fingerprint density at radius 2 is 2.26 bits per heavy atom. The molecule has 0 radical (unpaired) electrons. The Kier molecular flexibility index (Phi) is 4.37. The first kappa shape index (κ1) is 15.6. The molecule has 23 heavy (non-hydrogen) atoms. The maximum atomic E-state index is 13.6. The van der Waals surface area contributed by atoms with Gasteiger partial charge in [0.2, 0.25) is 0 Å². The van der Waals surface area contributed by atoms with Crippen molar-refractivity contribution >= 4 is 5.91 Å². The van der Waals surface area contributed by atoms with Crippen molar-refractivity contribution in [2.75, 3.05) is 6.54 Å². The van der Waals surface area contributed by atoms with Crippen molar-refractivity contribution in [3.8, 4) is 0 Å². The van der Waals surface area contributed by atoms with E-state index in [9.17, 15) is 9.18 Å². The van der Waals surface area contributed by atoms with Gasteiger partial charge in [-0.15, -0.1) is 0 Å². The van der Waals surface area contributed by atoms with E-state index in [4.69, 9.17) is 0 Å². The van der Waals surface area contributed by atoms with Crippen LogP contribution in [-0.4, -0.2) is 27.3 Å². The van der Waals surface area contributed by atoms with Gasteiger partial charge in [-0.25, -0.2) is 14.4 Å². The second kappa shape index (κ2) is 6.44. The summed E-state index contributed by atoms with van der Waals surface area (Å²) in [4.78, 5) is 23.0. The van der Waals surface area contributed by atoms with Crippen molar-refractivity contribution in [1.82, 2.24) is 14.9 Å². The molecular weight excluding hydrogens is 293 g/mol. The van der Waals surface area contributed by atoms with E-state index in [2.05, 4.69) is 16.9 Å². The van der Waals surface area contributed by atoms with Crippen molar-refractivity contribution in [3.63, 3.8) is 0 Å². The summed E-state index contributed by atoms with van der Waals surface area (Å²) in [5.74, 6) is -0.337. The van der Waals surface area contributed by atoms with Crippen LogP contribution in [0, 0.1) is 5.82 Å². The molecule has 3 rings (SSSR count). The van der Waals surface area contributed by atoms with E-state index in [-0.39, 0.29) is 17.8 Å². The van der Waals surface area contributed by atoms with Gasteiger partial charge in [0, 0.05) is 12.7 Å². The molecule has 5 heteroatoms. The molecule has 0 aliphatic carbocycles. The quantitative estimate of drug-likeness (QED) is 0.873. The predicted octanol–water partition coefficient (Wildman–Crippen LogP) is 3.33. The van der Waals surface area contributed by atoms with Gasteiger partial charge in [-0.3, -0.25) is 4.79 Å². The van der Waals surface area contributed by atoms with Gasteiger partial charge in [-0.2, -0.15) is 0 Å². The normalized spacial score (nSPS) is 17.0. The van der Waals surface area contributed by atoms with Gasteiger partial charge in [-0.1, -0.05) is 19.4 Å². The molecule has 1 aromatic heterocycles. The Balaban J connectivity index is 1.92. The molecule has 4 nitrogen and oxygen atoms in total. The van der Waals surface area contributed by atoms with Gasteiger partial charge < -0.3 is 4.90 Å². The van der Waals surface area contributed by atoms with Gasteiger partial charge in [0.05, 0.1) is 17.3 Å². The van der Waals surface area contributed by atoms with Crippen LogP contribution < -0.4 is 0 Å². The molecule has 120 valence electrons. The summed E-state index contributed by atoms with van der Waals surface area (Å²) in [7, 11) is 0. The molecule has 0 unspecified atom stereocenters. The maximum absolute atomic E-state index is 13.6. The van der Waals surface area contributed by atoms with E-state index < -0.39 is 0 Å². The zero-order chi connectivity index (χ0) is 16.4. The smallest absolute Gasteiger partial charge is 0.257 e. The zero-order valence-electron chi connectivity index (χ0n) is 13.4. The number of rotatable bonds is 3. The molecular formula is C18H20FN3O. The van der Waals surface area contributed by atoms with Crippen molar-refractivity contribution in [1.29, 1.82) is 0 Å². The number of carbonyl (C=O) groups excluding carboxylic acids is 1. The molecule has 0 bridgehead atoms. The average molecular weight is 313 g/mol. The topological polar surface area (TPSA) is 46.1 Å². The van der Waals surface area contributed by atoms with Crippen LogP contribution in [0.4, 0.5) is 4.39 Å². The van der Waals surface area contributed by atoms with Gasteiger partial charge in [0.1, 0.15) is 12.1 Å². The van der Waals surface area contributed by atoms with Crippen molar-refractivity contribution in [2.24, 2.45) is 0 Å². The summed E-state index contributed by atoms with van der Waals surface area (Å²) in [6.45, 7) is 4.62. The van der Waals surface area contributed by atoms with E-state index in [0.29, 0.717) is 12.1 Å². The number of benzene rings is 1. The van der Waals surface area contributed by atoms with Gasteiger partial charge in [-0.05, 0) is 43.0 Å². The highest BCUT2D eigenvalue weighted by atomic mass is 19.1. The lowest BCUT2D eigenvalue weighted by atomic mass is 9.92. The molecule has 1 atom stereocenters. The van der Waals surface area contributed by atoms with Gasteiger partial charge in [0.15, 0.2) is 0 Å². The van der Waals surface area contributed by atoms with Crippen molar-refractivity contribution < 1.29 is 9.18 Å². The van der Waals surface area contributed by atoms with Crippen molar-refractivity contribution in [2.45, 2.75) is 39.2 Å². The highest BCUT2D eigenvalue weighted by Crippen LogP contribution is 2.31. The molecule has 0 N–H and O–H groups in total. The Hall–Kier alpha value is -2.30. The maximum Gasteiger partial charge on any atom is 0.257 e. The number of halogens is 1. The number of nitrogens with zero attached hydrogens (tertiary/aromatic N) is 3. The minimum Gasteiger partial charge on any atom is -0.331 e. The summed E-state index contributed by atoms with van der Waals surface area (Å²) in [6, 6.07) is 4.68. The average Bonchev–Trinajstić information content (AvgIpc) is 2.56. The van der Waals surface area contributed by atoms with E-state index >= 15 is 0 Å². The number of hydrogen-bond acceptors (Lipinski definition) is 3. The van der Waals surface area contributed by atoms with E-state index in [1.54, 1.807) is 11.1 Å². The summed E-state index contributed by atoms with van der Waals surface area (Å²) >= 11 is 0. The number of hydrogen-bond donors (Lipinski definition) is 0. The second-order valence-corrected chi connectivity index (χ2v) is 5.90. The fourth-order valence-corrected chi connectivity index (χ4v) is 3.19. The van der Waals surface area contributed by atoms with Crippen LogP contribution in [0.25, 0.3) is 0 Å². The fraction of sp³-hybridized carbons (Fsp3) is 0.389. The molecule has 1 aliphatic heterocycles. The summed E-state index contributed by atoms with van der Waals surface area (Å²) in [6.07, 6.45) is 5.47. The standard InChI is InChI=1S/C18H20FN3O/c1-3-4-17-16(10-20-11-21-17)18(23)22-8-7-13-5-6-14(19)9-15(13)12(22)2/h5-6,9-12H,3-4,7-8H2,1-2H3/t12-/m1/s1. The molecule has 1 amide bonds. The van der Waals surface area contributed by atoms with Crippen LogP contribution >= 0.6 is 0 Å². The first-order chi connectivity index (χ1) is 11.1. The molecule has 0 saturated heterocycles. The number of amides is 1. The van der Waals surface area contributed by atoms with Crippen LogP contribution in [0.1, 0.15) is 53.5 Å². The summed E-state index contributed by atoms with van der Waals surface area (Å²) in [5, 5.41) is 0. The zero-order valence-corrected chi connectivity index (χ0v) is 13.4. The minimum atomic E-state index is -0.264. The first-order valence-electron chi connectivity index (χ1n) is 8.00. The fourth-order valence-electron chi connectivity index (χ4n) is 3.19. The predicted molar refractivity (Wildman–Crippen MR) is 85.6 cm³/mol. The Labute approximate surface area is 135 Å². The molecule has 2 heterocycles. The molecule has 0 fully saturated rings. The van der Waals surface area contributed by atoms with E-state index in [1.165, 1.54) is 18.5 Å². The Morgan fingerprint density at radius 1 is 1.43 bits per heavy atom. The van der Waals surface area contributed by atoms with E-state index in [0.717, 1.165) is 36.1 Å². The lowest BCUT2D eigenvalue weighted by Gasteiger charge is -2.35. The molecule has 2 aromatic rings. The third-order valence-electron chi connectivity index (χ3n) is 4.42. The first-order valence-corrected chi connectivity index (χ1v) is 8.00. The highest BCUT2D eigenvalue weighted by molar-refractivity contribution is 5.95. The van der Waals surface area contributed by atoms with E-state index in [1.807, 2.05) is 13.0 Å². The van der Waals surface area contributed by atoms with Crippen LogP contribution in [0.3, 0.4) is 0 Å². The SMILES string of the molecule is CCCc1ncncc1C(=O)N1CCc2ccc(F)cc2[C@H]1C. The highest BCUT2D eigenvalue weighted by Gasteiger charge is 2.29. The lowest BCUT2D eigenvalue weighted by Crippen LogP contribution is -2.39. The van der Waals surface area contributed by atoms with Crippen LogP contribution in [-0.2, 0) is 12.8 Å². The number of fused-ring (bicyclic) bond motifs is 1. The Bertz CT molecular complexity index is 732. The Morgan fingerprint density at radius 3 is 3.04 bits per heavy atom. The summed E-state index contributed by atoms with van der Waals surface area (Å²) in [5.41, 5.74) is 3.34.